The molecule has 7 heteroatoms. The molecule has 0 unspecified atom stereocenters. The van der Waals surface area contributed by atoms with Crippen molar-refractivity contribution in [3.05, 3.63) is 50.1 Å². The molecule has 0 aliphatic carbocycles. The summed E-state index contributed by atoms with van der Waals surface area (Å²) in [6.07, 6.45) is 0. The Bertz CT molecular complexity index is 980. The van der Waals surface area contributed by atoms with Gasteiger partial charge in [-0.3, -0.25) is 13.9 Å². The standard InChI is InChI=1S/C15H15ClN4O2/c1-4-20-11-13(18(2)15(22)19(3)14(11)21)17-12(20)9-5-7-10(16)8-6-9/h5-8H,4H2,1-3H3. The number of rotatable bonds is 2. The van der Waals surface area contributed by atoms with E-state index >= 15 is 0 Å². The lowest BCUT2D eigenvalue weighted by atomic mass is 10.2. The maximum Gasteiger partial charge on any atom is 0.332 e. The third kappa shape index (κ3) is 1.99. The molecule has 0 aliphatic heterocycles. The fourth-order valence-corrected chi connectivity index (χ4v) is 2.70. The minimum Gasteiger partial charge on any atom is -0.318 e. The van der Waals surface area contributed by atoms with Gasteiger partial charge in [-0.15, -0.1) is 0 Å². The van der Waals surface area contributed by atoms with Crippen molar-refractivity contribution in [3.8, 4) is 11.4 Å². The molecule has 0 atom stereocenters. The van der Waals surface area contributed by atoms with Crippen molar-refractivity contribution in [2.45, 2.75) is 13.5 Å². The third-order valence-corrected chi connectivity index (χ3v) is 4.02. The van der Waals surface area contributed by atoms with E-state index in [1.54, 1.807) is 19.2 Å². The van der Waals surface area contributed by atoms with Crippen LogP contribution in [0.5, 0.6) is 0 Å². The molecule has 0 spiro atoms. The molecular weight excluding hydrogens is 304 g/mol. The topological polar surface area (TPSA) is 61.8 Å². The maximum absolute atomic E-state index is 12.4. The highest BCUT2D eigenvalue weighted by atomic mass is 35.5. The molecule has 3 rings (SSSR count). The minimum atomic E-state index is -0.388. The Hall–Kier alpha value is -2.34. The summed E-state index contributed by atoms with van der Waals surface area (Å²) < 4.78 is 4.31. The lowest BCUT2D eigenvalue weighted by molar-refractivity contribution is 0.700. The highest BCUT2D eigenvalue weighted by Gasteiger charge is 2.18. The van der Waals surface area contributed by atoms with Gasteiger partial charge in [-0.25, -0.2) is 9.78 Å². The van der Waals surface area contributed by atoms with Gasteiger partial charge >= 0.3 is 5.69 Å². The molecule has 0 saturated heterocycles. The molecule has 2 aromatic heterocycles. The summed E-state index contributed by atoms with van der Waals surface area (Å²) in [5.74, 6) is 0.646. The van der Waals surface area contributed by atoms with Gasteiger partial charge in [0.15, 0.2) is 11.2 Å². The number of hydrogen-bond donors (Lipinski definition) is 0. The van der Waals surface area contributed by atoms with E-state index in [-0.39, 0.29) is 11.2 Å². The third-order valence-electron chi connectivity index (χ3n) is 3.77. The first-order valence-corrected chi connectivity index (χ1v) is 7.25. The molecule has 114 valence electrons. The van der Waals surface area contributed by atoms with Gasteiger partial charge in [0, 0.05) is 31.2 Å². The summed E-state index contributed by atoms with van der Waals surface area (Å²) in [6.45, 7) is 2.51. The van der Waals surface area contributed by atoms with E-state index in [2.05, 4.69) is 4.98 Å². The van der Waals surface area contributed by atoms with Crippen molar-refractivity contribution in [2.24, 2.45) is 14.1 Å². The summed E-state index contributed by atoms with van der Waals surface area (Å²) in [4.78, 5) is 29.0. The van der Waals surface area contributed by atoms with E-state index in [0.717, 1.165) is 10.1 Å². The Labute approximate surface area is 131 Å². The Balaban J connectivity index is 2.45. The van der Waals surface area contributed by atoms with Gasteiger partial charge in [0.05, 0.1) is 0 Å². The minimum absolute atomic E-state index is 0.340. The molecule has 2 heterocycles. The summed E-state index contributed by atoms with van der Waals surface area (Å²) >= 11 is 5.92. The number of aromatic nitrogens is 4. The number of halogens is 1. The zero-order chi connectivity index (χ0) is 16.0. The predicted octanol–water partition coefficient (Wildman–Crippen LogP) is 1.77. The smallest absolute Gasteiger partial charge is 0.318 e. The van der Waals surface area contributed by atoms with Crippen molar-refractivity contribution >= 4 is 22.8 Å². The second kappa shape index (κ2) is 5.14. The van der Waals surface area contributed by atoms with Crippen LogP contribution in [-0.2, 0) is 20.6 Å². The number of imidazole rings is 1. The molecule has 0 amide bonds. The van der Waals surface area contributed by atoms with Gasteiger partial charge in [-0.2, -0.15) is 0 Å². The number of hydrogen-bond acceptors (Lipinski definition) is 3. The molecule has 0 fully saturated rings. The largest absolute Gasteiger partial charge is 0.332 e. The zero-order valence-corrected chi connectivity index (χ0v) is 13.3. The van der Waals surface area contributed by atoms with Crippen molar-refractivity contribution in [1.82, 2.24) is 18.7 Å². The fraction of sp³-hybridized carbons (Fsp3) is 0.267. The Morgan fingerprint density at radius 1 is 1.09 bits per heavy atom. The molecule has 6 nitrogen and oxygen atoms in total. The van der Waals surface area contributed by atoms with E-state index in [1.165, 1.54) is 11.6 Å². The van der Waals surface area contributed by atoms with E-state index in [9.17, 15) is 9.59 Å². The van der Waals surface area contributed by atoms with E-state index in [4.69, 9.17) is 11.6 Å². The lowest BCUT2D eigenvalue weighted by Crippen LogP contribution is -2.37. The van der Waals surface area contributed by atoms with Crippen LogP contribution >= 0.6 is 11.6 Å². The predicted molar refractivity (Wildman–Crippen MR) is 86.3 cm³/mol. The number of benzene rings is 1. The maximum atomic E-state index is 12.4. The molecule has 0 saturated carbocycles. The van der Waals surface area contributed by atoms with Crippen molar-refractivity contribution < 1.29 is 0 Å². The van der Waals surface area contributed by atoms with Gasteiger partial charge in [-0.05, 0) is 31.2 Å². The van der Waals surface area contributed by atoms with Crippen LogP contribution in [0, 0.1) is 0 Å². The van der Waals surface area contributed by atoms with E-state index < -0.39 is 0 Å². The second-order valence-corrected chi connectivity index (χ2v) is 5.50. The molecular formula is C15H15ClN4O2. The van der Waals surface area contributed by atoms with Crippen molar-refractivity contribution in [1.29, 1.82) is 0 Å². The van der Waals surface area contributed by atoms with Crippen LogP contribution in [0.25, 0.3) is 22.6 Å². The summed E-state index contributed by atoms with van der Waals surface area (Å²) in [5.41, 5.74) is 0.933. The van der Waals surface area contributed by atoms with Gasteiger partial charge in [0.1, 0.15) is 5.82 Å². The number of nitrogens with zero attached hydrogens (tertiary/aromatic N) is 4. The van der Waals surface area contributed by atoms with Crippen LogP contribution in [0.15, 0.2) is 33.9 Å². The lowest BCUT2D eigenvalue weighted by Gasteiger charge is -2.06. The highest BCUT2D eigenvalue weighted by molar-refractivity contribution is 6.30. The number of aryl methyl sites for hydroxylation is 2. The van der Waals surface area contributed by atoms with Crippen LogP contribution in [0.2, 0.25) is 5.02 Å². The van der Waals surface area contributed by atoms with Gasteiger partial charge < -0.3 is 4.57 Å². The van der Waals surface area contributed by atoms with Gasteiger partial charge in [0.2, 0.25) is 0 Å². The molecule has 0 bridgehead atoms. The van der Waals surface area contributed by atoms with E-state index in [0.29, 0.717) is 28.6 Å². The molecule has 0 radical (unpaired) electrons. The van der Waals surface area contributed by atoms with Gasteiger partial charge in [-0.1, -0.05) is 11.6 Å². The fourth-order valence-electron chi connectivity index (χ4n) is 2.57. The molecule has 1 aromatic carbocycles. The zero-order valence-electron chi connectivity index (χ0n) is 12.5. The highest BCUT2D eigenvalue weighted by Crippen LogP contribution is 2.23. The van der Waals surface area contributed by atoms with Crippen LogP contribution in [0.4, 0.5) is 0 Å². The summed E-state index contributed by atoms with van der Waals surface area (Å²) in [7, 11) is 3.09. The van der Waals surface area contributed by atoms with Crippen LogP contribution < -0.4 is 11.2 Å². The molecule has 3 aromatic rings. The average Bonchev–Trinajstić information content (AvgIpc) is 2.91. The summed E-state index contributed by atoms with van der Waals surface area (Å²) in [6, 6.07) is 7.23. The molecule has 0 aliphatic rings. The Morgan fingerprint density at radius 2 is 1.73 bits per heavy atom. The van der Waals surface area contributed by atoms with Gasteiger partial charge in [0.25, 0.3) is 5.56 Å². The summed E-state index contributed by atoms with van der Waals surface area (Å²) in [5, 5.41) is 0.631. The second-order valence-electron chi connectivity index (χ2n) is 5.06. The van der Waals surface area contributed by atoms with Crippen LogP contribution in [0.1, 0.15) is 6.92 Å². The molecule has 0 N–H and O–H groups in total. The SMILES string of the molecule is CCn1c(-c2ccc(Cl)cc2)nc2c1c(=O)n(C)c(=O)n2C. The van der Waals surface area contributed by atoms with Crippen LogP contribution in [-0.4, -0.2) is 18.7 Å². The van der Waals surface area contributed by atoms with E-state index in [1.807, 2.05) is 23.6 Å². The Kier molecular flexibility index (Phi) is 3.41. The van der Waals surface area contributed by atoms with Crippen molar-refractivity contribution in [3.63, 3.8) is 0 Å². The molecule has 22 heavy (non-hydrogen) atoms. The quantitative estimate of drug-likeness (QED) is 0.723. The first-order valence-electron chi connectivity index (χ1n) is 6.88. The normalized spacial score (nSPS) is 11.3. The first-order chi connectivity index (χ1) is 10.5. The van der Waals surface area contributed by atoms with Crippen molar-refractivity contribution in [2.75, 3.05) is 0 Å². The average molecular weight is 319 g/mol. The monoisotopic (exact) mass is 318 g/mol. The van der Waals surface area contributed by atoms with Crippen LogP contribution in [0.3, 0.4) is 0 Å². The number of fused-ring (bicyclic) bond motifs is 1. The Morgan fingerprint density at radius 3 is 2.32 bits per heavy atom. The first kappa shape index (κ1) is 14.6.